The Balaban J connectivity index is 3.57. The molecule has 0 saturated carbocycles. The lowest BCUT2D eigenvalue weighted by atomic mass is 9.80. The second-order valence-electron chi connectivity index (χ2n) is 7.98. The molecule has 0 fully saturated rings. The fourth-order valence-electron chi connectivity index (χ4n) is 3.87. The van der Waals surface area contributed by atoms with Crippen LogP contribution in [0.1, 0.15) is 97.1 Å². The summed E-state index contributed by atoms with van der Waals surface area (Å²) in [7, 11) is 0. The van der Waals surface area contributed by atoms with Crippen molar-refractivity contribution < 1.29 is 19.7 Å². The molecule has 0 aliphatic heterocycles. The van der Waals surface area contributed by atoms with Crippen molar-refractivity contribution in [3.05, 3.63) is 41.5 Å². The van der Waals surface area contributed by atoms with Crippen molar-refractivity contribution in [3.8, 4) is 5.75 Å². The largest absolute Gasteiger partial charge is 0.423 e. The van der Waals surface area contributed by atoms with E-state index in [1.54, 1.807) is 19.1 Å². The van der Waals surface area contributed by atoms with Gasteiger partial charge in [-0.2, -0.15) is 0 Å². The van der Waals surface area contributed by atoms with E-state index in [1.807, 2.05) is 33.8 Å². The summed E-state index contributed by atoms with van der Waals surface area (Å²) in [6.07, 6.45) is 5.75. The monoisotopic (exact) mass is 390 g/mol. The fraction of sp³-hybridized carbons (Fsp3) is 0.625. The first-order valence-electron chi connectivity index (χ1n) is 10.6. The Labute approximate surface area is 170 Å². The second-order valence-corrected chi connectivity index (χ2v) is 7.98. The van der Waals surface area contributed by atoms with Crippen molar-refractivity contribution >= 4 is 5.97 Å². The molecule has 0 saturated heterocycles. The van der Waals surface area contributed by atoms with E-state index in [4.69, 9.17) is 4.74 Å². The maximum atomic E-state index is 12.1. The first-order valence-corrected chi connectivity index (χ1v) is 10.6. The van der Waals surface area contributed by atoms with E-state index < -0.39 is 17.2 Å². The Morgan fingerprint density at radius 1 is 0.857 bits per heavy atom. The van der Waals surface area contributed by atoms with E-state index >= 15 is 0 Å². The van der Waals surface area contributed by atoms with Gasteiger partial charge in [0.2, 0.25) is 0 Å². The molecule has 0 unspecified atom stereocenters. The summed E-state index contributed by atoms with van der Waals surface area (Å²) in [4.78, 5) is 12.1. The Kier molecular flexibility index (Phi) is 9.38. The van der Waals surface area contributed by atoms with Crippen LogP contribution in [0, 0.1) is 0 Å². The zero-order valence-corrected chi connectivity index (χ0v) is 18.3. The zero-order valence-electron chi connectivity index (χ0n) is 18.3. The van der Waals surface area contributed by atoms with Crippen molar-refractivity contribution in [2.75, 3.05) is 0 Å². The minimum absolute atomic E-state index is 0.307. The Bertz CT molecular complexity index is 610. The zero-order chi connectivity index (χ0) is 21.4. The van der Waals surface area contributed by atoms with Gasteiger partial charge in [0.15, 0.2) is 0 Å². The number of hydrogen-bond acceptors (Lipinski definition) is 4. The highest BCUT2D eigenvalue weighted by Crippen LogP contribution is 2.39. The number of carbonyl (C=O) groups is 1. The number of esters is 1. The first-order chi connectivity index (χ1) is 13.2. The van der Waals surface area contributed by atoms with Gasteiger partial charge in [-0.1, -0.05) is 60.0 Å². The maximum absolute atomic E-state index is 12.1. The number of rotatable bonds is 12. The summed E-state index contributed by atoms with van der Waals surface area (Å²) in [6, 6.07) is 5.36. The average molecular weight is 391 g/mol. The van der Waals surface area contributed by atoms with Crippen LogP contribution >= 0.6 is 0 Å². The molecule has 0 radical (unpaired) electrons. The van der Waals surface area contributed by atoms with Crippen molar-refractivity contribution in [2.45, 2.75) is 97.2 Å². The molecule has 4 heteroatoms. The van der Waals surface area contributed by atoms with Crippen LogP contribution in [0.2, 0.25) is 0 Å². The molecular formula is C24H38O4. The lowest BCUT2D eigenvalue weighted by Crippen LogP contribution is -2.29. The lowest BCUT2D eigenvalue weighted by Gasteiger charge is -2.33. The number of aliphatic hydroxyl groups is 2. The SMILES string of the molecule is C=C(C)C(=O)Oc1cc(C(O)(CCC)CCC)cc(C(O)(CCC)CCC)c1. The number of carbonyl (C=O) groups excluding carboxylic acids is 1. The molecular weight excluding hydrogens is 352 g/mol. The number of hydrogen-bond donors (Lipinski definition) is 2. The quantitative estimate of drug-likeness (QED) is 0.271. The van der Waals surface area contributed by atoms with Gasteiger partial charge in [0, 0.05) is 5.57 Å². The molecule has 0 spiro atoms. The van der Waals surface area contributed by atoms with Gasteiger partial charge in [-0.3, -0.25) is 0 Å². The van der Waals surface area contributed by atoms with E-state index in [9.17, 15) is 15.0 Å². The predicted octanol–water partition coefficient (Wildman–Crippen LogP) is 5.74. The number of benzene rings is 1. The van der Waals surface area contributed by atoms with Crippen molar-refractivity contribution in [2.24, 2.45) is 0 Å². The van der Waals surface area contributed by atoms with Crippen LogP contribution in [0.15, 0.2) is 30.4 Å². The molecule has 1 rings (SSSR count). The summed E-state index contributed by atoms with van der Waals surface area (Å²) < 4.78 is 5.50. The molecule has 0 atom stereocenters. The molecule has 0 aromatic heterocycles. The van der Waals surface area contributed by atoms with Gasteiger partial charge in [-0.15, -0.1) is 0 Å². The highest BCUT2D eigenvalue weighted by atomic mass is 16.5. The predicted molar refractivity (Wildman–Crippen MR) is 114 cm³/mol. The molecule has 0 aliphatic rings. The van der Waals surface area contributed by atoms with Gasteiger partial charge in [0.25, 0.3) is 0 Å². The Morgan fingerprint density at radius 3 is 1.50 bits per heavy atom. The molecule has 1 aromatic carbocycles. The lowest BCUT2D eigenvalue weighted by molar-refractivity contribution is -0.130. The highest BCUT2D eigenvalue weighted by molar-refractivity contribution is 5.88. The Hall–Kier alpha value is -1.65. The molecule has 28 heavy (non-hydrogen) atoms. The summed E-state index contributed by atoms with van der Waals surface area (Å²) >= 11 is 0. The van der Waals surface area contributed by atoms with Gasteiger partial charge < -0.3 is 14.9 Å². The van der Waals surface area contributed by atoms with E-state index in [-0.39, 0.29) is 0 Å². The molecule has 2 N–H and O–H groups in total. The molecule has 0 aliphatic carbocycles. The smallest absolute Gasteiger partial charge is 0.338 e. The molecule has 0 bridgehead atoms. The van der Waals surface area contributed by atoms with Gasteiger partial charge in [-0.25, -0.2) is 4.79 Å². The third-order valence-corrected chi connectivity index (χ3v) is 5.19. The minimum atomic E-state index is -1.01. The van der Waals surface area contributed by atoms with Gasteiger partial charge >= 0.3 is 5.97 Å². The standard InChI is InChI=1S/C24H38O4/c1-7-11-23(26,12-8-2)19-15-20(24(27,13-9-3)14-10-4)17-21(16-19)28-22(25)18(5)6/h15-17,26-27H,5,7-14H2,1-4,6H3. The molecule has 158 valence electrons. The van der Waals surface area contributed by atoms with Crippen molar-refractivity contribution in [1.29, 1.82) is 0 Å². The van der Waals surface area contributed by atoms with E-state index in [1.165, 1.54) is 0 Å². The van der Waals surface area contributed by atoms with Crippen LogP contribution < -0.4 is 4.74 Å². The third-order valence-electron chi connectivity index (χ3n) is 5.19. The van der Waals surface area contributed by atoms with Crippen LogP contribution in [0.25, 0.3) is 0 Å². The van der Waals surface area contributed by atoms with Crippen LogP contribution in [0.3, 0.4) is 0 Å². The topological polar surface area (TPSA) is 66.8 Å². The van der Waals surface area contributed by atoms with Crippen LogP contribution in [-0.2, 0) is 16.0 Å². The third kappa shape index (κ3) is 6.18. The van der Waals surface area contributed by atoms with Gasteiger partial charge in [-0.05, 0) is 61.9 Å². The van der Waals surface area contributed by atoms with Gasteiger partial charge in [0.05, 0.1) is 11.2 Å². The Morgan fingerprint density at radius 2 is 1.21 bits per heavy atom. The normalized spacial score (nSPS) is 12.1. The molecule has 0 amide bonds. The van der Waals surface area contributed by atoms with Crippen LogP contribution in [-0.4, -0.2) is 16.2 Å². The summed E-state index contributed by atoms with van der Waals surface area (Å²) in [6.45, 7) is 13.4. The first kappa shape index (κ1) is 24.4. The van der Waals surface area contributed by atoms with Gasteiger partial charge in [0.1, 0.15) is 5.75 Å². The fourth-order valence-corrected chi connectivity index (χ4v) is 3.87. The molecule has 1 aromatic rings. The second kappa shape index (κ2) is 10.8. The highest BCUT2D eigenvalue weighted by Gasteiger charge is 2.33. The summed E-state index contributed by atoms with van der Waals surface area (Å²) in [5.74, 6) is -0.163. The summed E-state index contributed by atoms with van der Waals surface area (Å²) in [5, 5.41) is 22.7. The minimum Gasteiger partial charge on any atom is -0.423 e. The number of ether oxygens (including phenoxy) is 1. The van der Waals surface area contributed by atoms with E-state index in [0.29, 0.717) is 48.1 Å². The molecule has 4 nitrogen and oxygen atoms in total. The summed E-state index contributed by atoms with van der Waals surface area (Å²) in [5.41, 5.74) is -0.318. The maximum Gasteiger partial charge on any atom is 0.338 e. The molecule has 0 heterocycles. The average Bonchev–Trinajstić information content (AvgIpc) is 2.62. The van der Waals surface area contributed by atoms with E-state index in [0.717, 1.165) is 25.7 Å². The van der Waals surface area contributed by atoms with Crippen LogP contribution in [0.5, 0.6) is 5.75 Å². The van der Waals surface area contributed by atoms with Crippen molar-refractivity contribution in [1.82, 2.24) is 0 Å². The van der Waals surface area contributed by atoms with E-state index in [2.05, 4.69) is 6.58 Å². The van der Waals surface area contributed by atoms with Crippen molar-refractivity contribution in [3.63, 3.8) is 0 Å². The van der Waals surface area contributed by atoms with Crippen LogP contribution in [0.4, 0.5) is 0 Å².